The molecule has 0 bridgehead atoms. The van der Waals surface area contributed by atoms with Gasteiger partial charge in [-0.2, -0.15) is 0 Å². The molecule has 0 saturated carbocycles. The minimum Gasteiger partial charge on any atom is -0.497 e. The van der Waals surface area contributed by atoms with Crippen molar-refractivity contribution in [3.8, 4) is 17.2 Å². The van der Waals surface area contributed by atoms with Crippen molar-refractivity contribution in [2.45, 2.75) is 19.8 Å². The van der Waals surface area contributed by atoms with Crippen molar-refractivity contribution in [2.75, 3.05) is 31.9 Å². The fourth-order valence-corrected chi connectivity index (χ4v) is 2.96. The van der Waals surface area contributed by atoms with Crippen LogP contribution in [0.15, 0.2) is 42.5 Å². The van der Waals surface area contributed by atoms with E-state index in [1.54, 1.807) is 30.2 Å². The van der Waals surface area contributed by atoms with E-state index >= 15 is 0 Å². The van der Waals surface area contributed by atoms with Crippen molar-refractivity contribution < 1.29 is 23.8 Å². The summed E-state index contributed by atoms with van der Waals surface area (Å²) < 4.78 is 15.8. The van der Waals surface area contributed by atoms with E-state index in [2.05, 4.69) is 5.32 Å². The lowest BCUT2D eigenvalue weighted by atomic mass is 10.1. The van der Waals surface area contributed by atoms with Crippen LogP contribution in [0.25, 0.3) is 0 Å². The van der Waals surface area contributed by atoms with Crippen LogP contribution >= 0.6 is 0 Å². The van der Waals surface area contributed by atoms with E-state index in [0.29, 0.717) is 30.3 Å². The second-order valence-corrected chi connectivity index (χ2v) is 6.41. The highest BCUT2D eigenvalue weighted by atomic mass is 16.7. The summed E-state index contributed by atoms with van der Waals surface area (Å²) in [5, 5.41) is 2.89. The lowest BCUT2D eigenvalue weighted by Crippen LogP contribution is -2.34. The zero-order valence-electron chi connectivity index (χ0n) is 16.1. The highest BCUT2D eigenvalue weighted by molar-refractivity contribution is 5.92. The van der Waals surface area contributed by atoms with Crippen LogP contribution in [0.3, 0.4) is 0 Å². The van der Waals surface area contributed by atoms with Crippen molar-refractivity contribution >= 4 is 17.5 Å². The first-order valence-electron chi connectivity index (χ1n) is 9.14. The molecule has 2 amide bonds. The number of nitrogens with one attached hydrogen (secondary N) is 1. The van der Waals surface area contributed by atoms with Crippen molar-refractivity contribution in [2.24, 2.45) is 0 Å². The van der Waals surface area contributed by atoms with Gasteiger partial charge in [-0.1, -0.05) is 12.1 Å². The first-order chi connectivity index (χ1) is 13.6. The molecule has 2 aromatic carbocycles. The molecule has 0 spiro atoms. The molecule has 148 valence electrons. The third-order valence-corrected chi connectivity index (χ3v) is 4.51. The topological polar surface area (TPSA) is 77.1 Å². The number of fused-ring (bicyclic) bond motifs is 1. The van der Waals surface area contributed by atoms with Crippen molar-refractivity contribution in [3.63, 3.8) is 0 Å². The molecule has 0 saturated heterocycles. The van der Waals surface area contributed by atoms with E-state index in [4.69, 9.17) is 14.2 Å². The van der Waals surface area contributed by atoms with E-state index in [-0.39, 0.29) is 25.0 Å². The Hall–Kier alpha value is -3.22. The molecule has 0 radical (unpaired) electrons. The van der Waals surface area contributed by atoms with Gasteiger partial charge in [0.05, 0.1) is 7.11 Å². The van der Waals surface area contributed by atoms with Gasteiger partial charge in [0.25, 0.3) is 0 Å². The third-order valence-electron chi connectivity index (χ3n) is 4.51. The smallest absolute Gasteiger partial charge is 0.231 e. The third kappa shape index (κ3) is 4.94. The molecule has 1 aliphatic rings. The maximum Gasteiger partial charge on any atom is 0.231 e. The lowest BCUT2D eigenvalue weighted by molar-refractivity contribution is -0.121. The molecule has 0 atom stereocenters. The Labute approximate surface area is 164 Å². The minimum absolute atomic E-state index is 0.0968. The molecule has 2 aromatic rings. The number of ether oxygens (including phenoxy) is 3. The van der Waals surface area contributed by atoms with Crippen molar-refractivity contribution in [1.82, 2.24) is 5.32 Å². The Bertz CT molecular complexity index is 835. The summed E-state index contributed by atoms with van der Waals surface area (Å²) in [6.07, 6.45) is 0.949. The Morgan fingerprint density at radius 2 is 1.86 bits per heavy atom. The van der Waals surface area contributed by atoms with Crippen LogP contribution in [0.5, 0.6) is 17.2 Å². The molecule has 7 heteroatoms. The van der Waals surface area contributed by atoms with Gasteiger partial charge in [-0.05, 0) is 36.2 Å². The molecule has 1 heterocycles. The average Bonchev–Trinajstić information content (AvgIpc) is 3.16. The molecule has 0 fully saturated rings. The Balaban J connectivity index is 1.48. The summed E-state index contributed by atoms with van der Waals surface area (Å²) in [5.74, 6) is 1.84. The van der Waals surface area contributed by atoms with Crippen LogP contribution in [0.4, 0.5) is 5.69 Å². The van der Waals surface area contributed by atoms with Gasteiger partial charge >= 0.3 is 0 Å². The molecule has 1 N–H and O–H groups in total. The monoisotopic (exact) mass is 384 g/mol. The molecule has 28 heavy (non-hydrogen) atoms. The number of nitrogens with zero attached hydrogens (tertiary/aromatic N) is 1. The van der Waals surface area contributed by atoms with Crippen LogP contribution in [0, 0.1) is 0 Å². The van der Waals surface area contributed by atoms with Gasteiger partial charge in [-0.25, -0.2) is 0 Å². The summed E-state index contributed by atoms with van der Waals surface area (Å²) >= 11 is 0. The fourth-order valence-electron chi connectivity index (χ4n) is 2.96. The number of amides is 2. The fraction of sp³-hybridized carbons (Fsp3) is 0.333. The largest absolute Gasteiger partial charge is 0.497 e. The normalized spacial score (nSPS) is 11.8. The number of benzene rings is 2. The average molecular weight is 384 g/mol. The Morgan fingerprint density at radius 1 is 1.11 bits per heavy atom. The number of anilines is 1. The van der Waals surface area contributed by atoms with E-state index in [1.807, 2.05) is 24.3 Å². The van der Waals surface area contributed by atoms with E-state index in [9.17, 15) is 9.59 Å². The number of methoxy groups -OCH3 is 1. The van der Waals surface area contributed by atoms with E-state index in [1.165, 1.54) is 6.92 Å². The summed E-state index contributed by atoms with van der Waals surface area (Å²) in [6.45, 7) is 2.49. The summed E-state index contributed by atoms with van der Waals surface area (Å²) in [7, 11) is 1.63. The summed E-state index contributed by atoms with van der Waals surface area (Å²) in [5.41, 5.74) is 1.80. The van der Waals surface area contributed by atoms with E-state index in [0.717, 1.165) is 17.7 Å². The van der Waals surface area contributed by atoms with E-state index < -0.39 is 0 Å². The van der Waals surface area contributed by atoms with Gasteiger partial charge in [-0.3, -0.25) is 9.59 Å². The second-order valence-electron chi connectivity index (χ2n) is 6.41. The lowest BCUT2D eigenvalue weighted by Gasteiger charge is -2.21. The SMILES string of the molecule is COc1ccc(CCNC(=O)CCN(C(C)=O)c2ccc3c(c2)OCO3)cc1. The summed E-state index contributed by atoms with van der Waals surface area (Å²) in [4.78, 5) is 25.7. The molecule has 0 aliphatic carbocycles. The first kappa shape index (κ1) is 19.5. The Kier molecular flexibility index (Phi) is 6.37. The number of rotatable bonds is 8. The molecule has 0 unspecified atom stereocenters. The number of carbonyl (C=O) groups excluding carboxylic acids is 2. The standard InChI is InChI=1S/C21H24N2O5/c1-15(24)23(17-5-8-19-20(13-17)28-14-27-19)12-10-21(25)22-11-9-16-3-6-18(26-2)7-4-16/h3-8,13H,9-12,14H2,1-2H3,(H,22,25). The van der Waals surface area contributed by atoms with Crippen LogP contribution in [0.1, 0.15) is 18.9 Å². The predicted octanol–water partition coefficient (Wildman–Crippen LogP) is 2.53. The number of hydrogen-bond donors (Lipinski definition) is 1. The van der Waals surface area contributed by atoms with Gasteiger partial charge < -0.3 is 24.4 Å². The van der Waals surface area contributed by atoms with Gasteiger partial charge in [0.2, 0.25) is 18.6 Å². The van der Waals surface area contributed by atoms with Crippen LogP contribution in [-0.4, -0.2) is 38.8 Å². The van der Waals surface area contributed by atoms with Crippen molar-refractivity contribution in [3.05, 3.63) is 48.0 Å². The zero-order valence-corrected chi connectivity index (χ0v) is 16.1. The van der Waals surface area contributed by atoms with Crippen molar-refractivity contribution in [1.29, 1.82) is 0 Å². The zero-order chi connectivity index (χ0) is 19.9. The predicted molar refractivity (Wildman–Crippen MR) is 105 cm³/mol. The summed E-state index contributed by atoms with van der Waals surface area (Å²) in [6, 6.07) is 13.1. The van der Waals surface area contributed by atoms with Gasteiger partial charge in [0.1, 0.15) is 5.75 Å². The maximum absolute atomic E-state index is 12.2. The molecule has 0 aromatic heterocycles. The number of hydrogen-bond acceptors (Lipinski definition) is 5. The highest BCUT2D eigenvalue weighted by Crippen LogP contribution is 2.35. The first-order valence-corrected chi connectivity index (χ1v) is 9.14. The maximum atomic E-state index is 12.2. The van der Waals surface area contributed by atoms with Gasteiger partial charge in [0.15, 0.2) is 11.5 Å². The number of carbonyl (C=O) groups is 2. The molecule has 3 rings (SSSR count). The van der Waals surface area contributed by atoms with Gasteiger partial charge in [-0.15, -0.1) is 0 Å². The molecular formula is C21H24N2O5. The second kappa shape index (κ2) is 9.12. The Morgan fingerprint density at radius 3 is 2.57 bits per heavy atom. The minimum atomic E-state index is -0.134. The molecular weight excluding hydrogens is 360 g/mol. The van der Waals surface area contributed by atoms with Crippen LogP contribution < -0.4 is 24.4 Å². The van der Waals surface area contributed by atoms with Gasteiger partial charge in [0, 0.05) is 38.2 Å². The molecule has 7 nitrogen and oxygen atoms in total. The quantitative estimate of drug-likeness (QED) is 0.757. The highest BCUT2D eigenvalue weighted by Gasteiger charge is 2.18. The molecule has 1 aliphatic heterocycles. The van der Waals surface area contributed by atoms with Crippen LogP contribution in [0.2, 0.25) is 0 Å². The van der Waals surface area contributed by atoms with Crippen LogP contribution in [-0.2, 0) is 16.0 Å².